The van der Waals surface area contributed by atoms with Crippen LogP contribution in [0.25, 0.3) is 0 Å². The summed E-state index contributed by atoms with van der Waals surface area (Å²) in [4.78, 5) is 13.5. The molecular weight excluding hydrogens is 192 g/mol. The molecule has 0 radical (unpaired) electrons. The van der Waals surface area contributed by atoms with E-state index in [1.54, 1.807) is 5.48 Å². The van der Waals surface area contributed by atoms with Crippen LogP contribution in [0.1, 0.15) is 12.8 Å². The normalized spacial score (nSPS) is 36.5. The summed E-state index contributed by atoms with van der Waals surface area (Å²) >= 11 is 0. The largest absolute Gasteiger partial charge is 0.303 e. The maximum atomic E-state index is 11.2. The van der Waals surface area contributed by atoms with E-state index in [9.17, 15) is 4.79 Å². The minimum absolute atomic E-state index is 0. The third-order valence-electron chi connectivity index (χ3n) is 3.10. The van der Waals surface area contributed by atoms with Crippen molar-refractivity contribution in [2.75, 3.05) is 19.6 Å². The fraction of sp³-hybridized carbons (Fsp3) is 0.875. The van der Waals surface area contributed by atoms with E-state index >= 15 is 0 Å². The maximum Gasteiger partial charge on any atom is 0.248 e. The first kappa shape index (κ1) is 10.8. The van der Waals surface area contributed by atoms with E-state index in [-0.39, 0.29) is 24.2 Å². The maximum absolute atomic E-state index is 11.2. The molecule has 0 spiro atoms. The molecular formula is C8H15ClN2O2. The lowest BCUT2D eigenvalue weighted by Crippen LogP contribution is -2.52. The van der Waals surface area contributed by atoms with Crippen molar-refractivity contribution in [1.29, 1.82) is 0 Å². The Morgan fingerprint density at radius 2 is 2.00 bits per heavy atom. The molecule has 1 atom stereocenters. The van der Waals surface area contributed by atoms with Gasteiger partial charge in [-0.3, -0.25) is 10.0 Å². The van der Waals surface area contributed by atoms with Gasteiger partial charge in [-0.05, 0) is 31.8 Å². The SMILES string of the molecule is Cl.O=C(NO)C1CN2CCC1CC2. The number of piperidine rings is 3. The highest BCUT2D eigenvalue weighted by atomic mass is 35.5. The lowest BCUT2D eigenvalue weighted by atomic mass is 9.79. The molecule has 3 aliphatic heterocycles. The Kier molecular flexibility index (Phi) is 3.53. The molecule has 13 heavy (non-hydrogen) atoms. The number of carbonyl (C=O) groups is 1. The fourth-order valence-corrected chi connectivity index (χ4v) is 2.35. The number of amides is 1. The molecule has 5 heteroatoms. The zero-order chi connectivity index (χ0) is 8.55. The highest BCUT2D eigenvalue weighted by Gasteiger charge is 2.37. The minimum atomic E-state index is -0.204. The van der Waals surface area contributed by atoms with Crippen LogP contribution in [-0.2, 0) is 4.79 Å². The Morgan fingerprint density at radius 3 is 2.38 bits per heavy atom. The van der Waals surface area contributed by atoms with Gasteiger partial charge in [0.25, 0.3) is 0 Å². The van der Waals surface area contributed by atoms with Crippen LogP contribution in [0, 0.1) is 11.8 Å². The van der Waals surface area contributed by atoms with Gasteiger partial charge in [0.05, 0.1) is 5.92 Å². The summed E-state index contributed by atoms with van der Waals surface area (Å²) < 4.78 is 0. The van der Waals surface area contributed by atoms with Gasteiger partial charge in [-0.15, -0.1) is 12.4 Å². The lowest BCUT2D eigenvalue weighted by Gasteiger charge is -2.43. The molecule has 0 aromatic heterocycles. The zero-order valence-corrected chi connectivity index (χ0v) is 8.22. The smallest absolute Gasteiger partial charge is 0.248 e. The Labute approximate surface area is 83.7 Å². The second-order valence-corrected chi connectivity index (χ2v) is 3.72. The van der Waals surface area contributed by atoms with E-state index < -0.39 is 0 Å². The van der Waals surface area contributed by atoms with Crippen LogP contribution in [0.15, 0.2) is 0 Å². The monoisotopic (exact) mass is 206 g/mol. The number of halogens is 1. The molecule has 3 saturated heterocycles. The minimum Gasteiger partial charge on any atom is -0.303 e. The molecule has 0 aliphatic carbocycles. The van der Waals surface area contributed by atoms with Gasteiger partial charge in [-0.25, -0.2) is 5.48 Å². The van der Waals surface area contributed by atoms with Crippen LogP contribution < -0.4 is 5.48 Å². The van der Waals surface area contributed by atoms with Gasteiger partial charge in [0.15, 0.2) is 0 Å². The van der Waals surface area contributed by atoms with Crippen LogP contribution in [0.5, 0.6) is 0 Å². The molecule has 76 valence electrons. The van der Waals surface area contributed by atoms with Crippen LogP contribution in [0.3, 0.4) is 0 Å². The van der Waals surface area contributed by atoms with Gasteiger partial charge in [-0.1, -0.05) is 0 Å². The molecule has 0 saturated carbocycles. The van der Waals surface area contributed by atoms with Crippen molar-refractivity contribution in [2.45, 2.75) is 12.8 Å². The summed E-state index contributed by atoms with van der Waals surface area (Å²) in [6.07, 6.45) is 2.22. The first-order valence-electron chi connectivity index (χ1n) is 4.47. The molecule has 3 heterocycles. The quantitative estimate of drug-likeness (QED) is 0.478. The number of nitrogens with zero attached hydrogens (tertiary/aromatic N) is 1. The molecule has 3 fully saturated rings. The predicted octanol–water partition coefficient (Wildman–Crippen LogP) is 0.255. The van der Waals surface area contributed by atoms with Gasteiger partial charge < -0.3 is 4.90 Å². The number of hydrogen-bond donors (Lipinski definition) is 2. The summed E-state index contributed by atoms with van der Waals surface area (Å²) in [5, 5.41) is 8.50. The summed E-state index contributed by atoms with van der Waals surface area (Å²) in [5.74, 6) is 0.323. The molecule has 1 amide bonds. The second kappa shape index (κ2) is 4.26. The van der Waals surface area contributed by atoms with Gasteiger partial charge >= 0.3 is 0 Å². The number of nitrogens with one attached hydrogen (secondary N) is 1. The van der Waals surface area contributed by atoms with Crippen molar-refractivity contribution in [3.8, 4) is 0 Å². The molecule has 3 rings (SSSR count). The van der Waals surface area contributed by atoms with Crippen molar-refractivity contribution in [2.24, 2.45) is 11.8 Å². The number of hydroxylamine groups is 1. The van der Waals surface area contributed by atoms with E-state index in [1.165, 1.54) is 0 Å². The van der Waals surface area contributed by atoms with Crippen molar-refractivity contribution >= 4 is 18.3 Å². The fourth-order valence-electron chi connectivity index (χ4n) is 2.35. The van der Waals surface area contributed by atoms with Crippen LogP contribution in [0.4, 0.5) is 0 Å². The Hall–Kier alpha value is -0.320. The molecule has 0 aromatic carbocycles. The molecule has 3 aliphatic rings. The molecule has 2 bridgehead atoms. The van der Waals surface area contributed by atoms with E-state index in [2.05, 4.69) is 4.90 Å². The molecule has 1 unspecified atom stereocenters. The van der Waals surface area contributed by atoms with Crippen LogP contribution in [0.2, 0.25) is 0 Å². The van der Waals surface area contributed by atoms with Crippen LogP contribution in [-0.4, -0.2) is 35.6 Å². The second-order valence-electron chi connectivity index (χ2n) is 3.72. The Balaban J connectivity index is 0.000000845. The predicted molar refractivity (Wildman–Crippen MR) is 49.8 cm³/mol. The highest BCUT2D eigenvalue weighted by molar-refractivity contribution is 5.85. The van der Waals surface area contributed by atoms with E-state index in [0.29, 0.717) is 5.92 Å². The first-order valence-corrected chi connectivity index (χ1v) is 4.47. The standard InChI is InChI=1S/C8H14N2O2.ClH/c11-8(9-12)7-5-10-3-1-6(7)2-4-10;/h6-7,12H,1-5H2,(H,9,11);1H. The summed E-state index contributed by atoms with van der Waals surface area (Å²) in [7, 11) is 0. The first-order chi connectivity index (χ1) is 5.81. The number of hydrogen-bond acceptors (Lipinski definition) is 3. The third-order valence-corrected chi connectivity index (χ3v) is 3.10. The highest BCUT2D eigenvalue weighted by Crippen LogP contribution is 2.32. The van der Waals surface area contributed by atoms with Gasteiger partial charge in [0.2, 0.25) is 5.91 Å². The van der Waals surface area contributed by atoms with Gasteiger partial charge in [0.1, 0.15) is 0 Å². The topological polar surface area (TPSA) is 52.6 Å². The van der Waals surface area contributed by atoms with Crippen LogP contribution >= 0.6 is 12.4 Å². The average molecular weight is 207 g/mol. The average Bonchev–Trinajstić information content (AvgIpc) is 2.18. The lowest BCUT2D eigenvalue weighted by molar-refractivity contribution is -0.139. The van der Waals surface area contributed by atoms with E-state index in [1.807, 2.05) is 0 Å². The summed E-state index contributed by atoms with van der Waals surface area (Å²) in [5.41, 5.74) is 1.75. The zero-order valence-electron chi connectivity index (χ0n) is 7.40. The van der Waals surface area contributed by atoms with E-state index in [0.717, 1.165) is 32.5 Å². The number of carbonyl (C=O) groups excluding carboxylic acids is 1. The van der Waals surface area contributed by atoms with E-state index in [4.69, 9.17) is 5.21 Å². The van der Waals surface area contributed by atoms with Gasteiger partial charge in [-0.2, -0.15) is 0 Å². The summed E-state index contributed by atoms with van der Waals surface area (Å²) in [6.45, 7) is 3.08. The van der Waals surface area contributed by atoms with Crippen molar-refractivity contribution in [3.63, 3.8) is 0 Å². The van der Waals surface area contributed by atoms with Crippen molar-refractivity contribution < 1.29 is 10.0 Å². The molecule has 0 aromatic rings. The Bertz CT molecular complexity index is 193. The van der Waals surface area contributed by atoms with Crippen molar-refractivity contribution in [3.05, 3.63) is 0 Å². The third kappa shape index (κ3) is 1.95. The molecule has 2 N–H and O–H groups in total. The number of rotatable bonds is 1. The number of fused-ring (bicyclic) bond motifs is 3. The Morgan fingerprint density at radius 1 is 1.38 bits per heavy atom. The summed E-state index contributed by atoms with van der Waals surface area (Å²) in [6, 6.07) is 0. The van der Waals surface area contributed by atoms with Gasteiger partial charge in [0, 0.05) is 6.54 Å². The molecule has 4 nitrogen and oxygen atoms in total. The van der Waals surface area contributed by atoms with Crippen molar-refractivity contribution in [1.82, 2.24) is 10.4 Å².